The van der Waals surface area contributed by atoms with Crippen molar-refractivity contribution in [2.45, 2.75) is 39.3 Å². The van der Waals surface area contributed by atoms with Gasteiger partial charge in [0.15, 0.2) is 0 Å². The van der Waals surface area contributed by atoms with Gasteiger partial charge in [0.05, 0.1) is 17.2 Å². The van der Waals surface area contributed by atoms with E-state index in [4.69, 9.17) is 0 Å². The molecule has 0 saturated heterocycles. The van der Waals surface area contributed by atoms with Gasteiger partial charge in [-0.2, -0.15) is 0 Å². The van der Waals surface area contributed by atoms with Crippen molar-refractivity contribution in [1.82, 2.24) is 15.6 Å². The molecule has 0 aliphatic rings. The summed E-state index contributed by atoms with van der Waals surface area (Å²) in [6.45, 7) is 7.17. The van der Waals surface area contributed by atoms with Gasteiger partial charge < -0.3 is 15.7 Å². The molecule has 0 saturated carbocycles. The summed E-state index contributed by atoms with van der Waals surface area (Å²) in [5.74, 6) is -0.496. The van der Waals surface area contributed by atoms with Gasteiger partial charge in [-0.05, 0) is 31.4 Å². The Kier molecular flexibility index (Phi) is 6.47. The van der Waals surface area contributed by atoms with Crippen LogP contribution < -0.4 is 10.6 Å². The van der Waals surface area contributed by atoms with Crippen LogP contribution in [0.5, 0.6) is 0 Å². The summed E-state index contributed by atoms with van der Waals surface area (Å²) in [5, 5.41) is 15.9. The first-order valence-electron chi connectivity index (χ1n) is 8.34. The summed E-state index contributed by atoms with van der Waals surface area (Å²) in [6, 6.07) is 8.12. The molecule has 3 N–H and O–H groups in total. The van der Waals surface area contributed by atoms with Gasteiger partial charge >= 0.3 is 0 Å². The van der Waals surface area contributed by atoms with Crippen molar-refractivity contribution in [1.29, 1.82) is 0 Å². The molecule has 0 bridgehead atoms. The average Bonchev–Trinajstić information content (AvgIpc) is 2.58. The number of nitrogens with one attached hydrogen (secondary N) is 2. The van der Waals surface area contributed by atoms with E-state index in [9.17, 15) is 14.7 Å². The van der Waals surface area contributed by atoms with Gasteiger partial charge in [0, 0.05) is 18.1 Å². The number of aliphatic hydroxyl groups excluding tert-OH is 1. The number of fused-ring (bicyclic) bond motifs is 1. The van der Waals surface area contributed by atoms with Gasteiger partial charge in [0.2, 0.25) is 5.91 Å². The minimum Gasteiger partial charge on any atom is -0.391 e. The fourth-order valence-corrected chi connectivity index (χ4v) is 2.31. The van der Waals surface area contributed by atoms with Crippen molar-refractivity contribution in [3.8, 4) is 0 Å². The monoisotopic (exact) mass is 342 g/mol. The van der Waals surface area contributed by atoms with Crippen LogP contribution in [-0.2, 0) is 4.79 Å². The number of benzene rings is 1. The van der Waals surface area contributed by atoms with Crippen LogP contribution in [0.4, 0.5) is 0 Å². The lowest BCUT2D eigenvalue weighted by molar-refractivity contribution is -0.124. The zero-order valence-corrected chi connectivity index (χ0v) is 14.7. The van der Waals surface area contributed by atoms with Crippen LogP contribution in [0.1, 0.15) is 37.6 Å². The van der Waals surface area contributed by atoms with Gasteiger partial charge in [0.1, 0.15) is 6.04 Å². The van der Waals surface area contributed by atoms with E-state index in [1.807, 2.05) is 38.1 Å². The third kappa shape index (κ3) is 5.26. The minimum atomic E-state index is -1.04. The van der Waals surface area contributed by atoms with Crippen LogP contribution in [0.3, 0.4) is 0 Å². The number of amides is 2. The SMILES string of the molecule is CC(C)C[CH]NC(=O)[C@@H](NC(=O)c1cnc2ccccc2c1)[C@@H](C)O. The largest absolute Gasteiger partial charge is 0.391 e. The van der Waals surface area contributed by atoms with Crippen molar-refractivity contribution < 1.29 is 14.7 Å². The van der Waals surface area contributed by atoms with Gasteiger partial charge in [-0.1, -0.05) is 32.0 Å². The van der Waals surface area contributed by atoms with Crippen LogP contribution in [0.2, 0.25) is 0 Å². The Morgan fingerprint density at radius 3 is 2.64 bits per heavy atom. The van der Waals surface area contributed by atoms with Crippen molar-refractivity contribution in [2.75, 3.05) is 0 Å². The van der Waals surface area contributed by atoms with Crippen LogP contribution in [0.25, 0.3) is 10.9 Å². The average molecular weight is 342 g/mol. The van der Waals surface area contributed by atoms with Crippen LogP contribution in [0, 0.1) is 12.5 Å². The summed E-state index contributed by atoms with van der Waals surface area (Å²) in [5.41, 5.74) is 1.12. The van der Waals surface area contributed by atoms with E-state index in [2.05, 4.69) is 15.6 Å². The molecular formula is C19H24N3O3. The first-order valence-corrected chi connectivity index (χ1v) is 8.34. The summed E-state index contributed by atoms with van der Waals surface area (Å²) < 4.78 is 0. The smallest absolute Gasteiger partial charge is 0.253 e. The second-order valence-electron chi connectivity index (χ2n) is 6.45. The second kappa shape index (κ2) is 8.58. The fraction of sp³-hybridized carbons (Fsp3) is 0.368. The van der Waals surface area contributed by atoms with Crippen LogP contribution >= 0.6 is 0 Å². The third-order valence-electron chi connectivity index (χ3n) is 3.74. The predicted octanol–water partition coefficient (Wildman–Crippen LogP) is 2.04. The number of para-hydroxylation sites is 1. The minimum absolute atomic E-state index is 0.336. The first-order chi connectivity index (χ1) is 11.9. The lowest BCUT2D eigenvalue weighted by Crippen LogP contribution is -2.52. The van der Waals surface area contributed by atoms with E-state index in [-0.39, 0.29) is 0 Å². The molecule has 0 aliphatic heterocycles. The highest BCUT2D eigenvalue weighted by Gasteiger charge is 2.26. The van der Waals surface area contributed by atoms with Gasteiger partial charge in [-0.15, -0.1) is 0 Å². The standard InChI is InChI=1S/C19H24N3O3/c1-12(2)8-9-20-19(25)17(13(3)23)22-18(24)15-10-14-6-4-5-7-16(14)21-11-15/h4-7,9-13,17,23H,8H2,1-3H3,(H,20,25)(H,22,24)/t13-,17+/m1/s1. The predicted molar refractivity (Wildman–Crippen MR) is 96.6 cm³/mol. The van der Waals surface area contributed by atoms with E-state index >= 15 is 0 Å². The van der Waals surface area contributed by atoms with Gasteiger partial charge in [-0.25, -0.2) is 0 Å². The van der Waals surface area contributed by atoms with E-state index < -0.39 is 24.0 Å². The van der Waals surface area contributed by atoms with Gasteiger partial charge in [-0.3, -0.25) is 14.6 Å². The number of hydrogen-bond acceptors (Lipinski definition) is 4. The highest BCUT2D eigenvalue weighted by molar-refractivity contribution is 5.99. The maximum Gasteiger partial charge on any atom is 0.253 e. The normalized spacial score (nSPS) is 13.5. The molecule has 133 valence electrons. The van der Waals surface area contributed by atoms with Gasteiger partial charge in [0.25, 0.3) is 5.91 Å². The van der Waals surface area contributed by atoms with E-state index in [1.54, 1.807) is 12.6 Å². The molecule has 1 aromatic heterocycles. The van der Waals surface area contributed by atoms with E-state index in [0.29, 0.717) is 17.9 Å². The first kappa shape index (κ1) is 18.9. The molecule has 2 amide bonds. The fourth-order valence-electron chi connectivity index (χ4n) is 2.31. The number of pyridine rings is 1. The second-order valence-corrected chi connectivity index (χ2v) is 6.45. The molecule has 2 rings (SSSR count). The van der Waals surface area contributed by atoms with Crippen molar-refractivity contribution >= 4 is 22.7 Å². The molecule has 1 aromatic carbocycles. The number of hydrogen-bond donors (Lipinski definition) is 3. The zero-order chi connectivity index (χ0) is 18.4. The maximum absolute atomic E-state index is 12.4. The molecule has 25 heavy (non-hydrogen) atoms. The highest BCUT2D eigenvalue weighted by Crippen LogP contribution is 2.13. The van der Waals surface area contributed by atoms with Crippen LogP contribution in [0.15, 0.2) is 36.5 Å². The number of nitrogens with zero attached hydrogens (tertiary/aromatic N) is 1. The van der Waals surface area contributed by atoms with Crippen LogP contribution in [-0.4, -0.2) is 34.1 Å². The quantitative estimate of drug-likeness (QED) is 0.718. The zero-order valence-electron chi connectivity index (χ0n) is 14.7. The lowest BCUT2D eigenvalue weighted by atomic mass is 10.1. The summed E-state index contributed by atoms with van der Waals surface area (Å²) in [7, 11) is 0. The Balaban J connectivity index is 2.06. The molecule has 2 atom stereocenters. The molecule has 1 heterocycles. The summed E-state index contributed by atoms with van der Waals surface area (Å²) in [6.07, 6.45) is 1.14. The van der Waals surface area contributed by atoms with Crippen molar-refractivity contribution in [3.05, 3.63) is 48.6 Å². The van der Waals surface area contributed by atoms with Crippen molar-refractivity contribution in [2.24, 2.45) is 5.92 Å². The number of aliphatic hydroxyl groups is 1. The highest BCUT2D eigenvalue weighted by atomic mass is 16.3. The molecule has 0 spiro atoms. The number of carbonyl (C=O) groups is 2. The third-order valence-corrected chi connectivity index (χ3v) is 3.74. The number of aromatic nitrogens is 1. The lowest BCUT2D eigenvalue weighted by Gasteiger charge is -2.21. The Hall–Kier alpha value is -2.47. The Morgan fingerprint density at radius 2 is 1.96 bits per heavy atom. The molecule has 6 heteroatoms. The topological polar surface area (TPSA) is 91.3 Å². The molecule has 0 unspecified atom stereocenters. The molecule has 1 radical (unpaired) electrons. The molecular weight excluding hydrogens is 318 g/mol. The van der Waals surface area contributed by atoms with Crippen molar-refractivity contribution in [3.63, 3.8) is 0 Å². The van der Waals surface area contributed by atoms with E-state index in [1.165, 1.54) is 13.1 Å². The molecule has 2 aromatic rings. The maximum atomic E-state index is 12.4. The molecule has 0 aliphatic carbocycles. The number of rotatable bonds is 7. The Morgan fingerprint density at radius 1 is 1.24 bits per heavy atom. The molecule has 6 nitrogen and oxygen atoms in total. The summed E-state index contributed by atoms with van der Waals surface area (Å²) in [4.78, 5) is 28.9. The molecule has 0 fully saturated rings. The summed E-state index contributed by atoms with van der Waals surface area (Å²) >= 11 is 0. The Bertz CT molecular complexity index is 744. The number of carbonyl (C=O) groups excluding carboxylic acids is 2. The Labute approximate surface area is 147 Å². The van der Waals surface area contributed by atoms with E-state index in [0.717, 1.165) is 10.9 Å².